The molecule has 0 aromatic carbocycles. The number of hydrogen-bond donors (Lipinski definition) is 3. The molecule has 0 radical (unpaired) electrons. The summed E-state index contributed by atoms with van der Waals surface area (Å²) in [5, 5.41) is 7.76. The number of thiocarbonyl (C=S) groups is 1. The third kappa shape index (κ3) is 2.40. The van der Waals surface area contributed by atoms with Gasteiger partial charge < -0.3 is 4.55 Å². The number of hydroxylamine groups is 1. The maximum atomic E-state index is 7.89. The average molecular weight is 125 g/mol. The summed E-state index contributed by atoms with van der Waals surface area (Å²) in [5.41, 5.74) is 1.56. The van der Waals surface area contributed by atoms with Gasteiger partial charge in [-0.1, -0.05) is 0 Å². The zero-order valence-corrected chi connectivity index (χ0v) is 4.34. The van der Waals surface area contributed by atoms with Crippen LogP contribution < -0.4 is 5.48 Å². The minimum Gasteiger partial charge on any atom is -0.324 e. The minimum absolute atomic E-state index is 0.0463. The first-order valence-electron chi connectivity index (χ1n) is 1.06. The summed E-state index contributed by atoms with van der Waals surface area (Å²) in [6.07, 6.45) is 0. The molecule has 0 aromatic rings. The molecular formula is CH3NO2S2. The summed E-state index contributed by atoms with van der Waals surface area (Å²) >= 11 is 4.50. The van der Waals surface area contributed by atoms with Gasteiger partial charge in [-0.15, -0.1) is 0 Å². The molecule has 0 rings (SSSR count). The Kier molecular flexibility index (Phi) is 3.44. The SMILES string of the molecule is ONC(=S)SO. The first kappa shape index (κ1) is 6.16. The Labute approximate surface area is 44.5 Å². The molecule has 0 saturated carbocycles. The van der Waals surface area contributed by atoms with E-state index in [1.54, 1.807) is 5.48 Å². The maximum absolute atomic E-state index is 7.89. The molecule has 0 saturated heterocycles. The summed E-state index contributed by atoms with van der Waals surface area (Å²) < 4.78 is 7.84. The van der Waals surface area contributed by atoms with E-state index in [1.807, 2.05) is 0 Å². The Morgan fingerprint density at radius 1 is 1.83 bits per heavy atom. The summed E-state index contributed by atoms with van der Waals surface area (Å²) in [6.45, 7) is 0. The lowest BCUT2D eigenvalue weighted by Gasteiger charge is -1.87. The van der Waals surface area contributed by atoms with E-state index >= 15 is 0 Å². The molecule has 5 heteroatoms. The van der Waals surface area contributed by atoms with Crippen molar-refractivity contribution in [1.29, 1.82) is 0 Å². The van der Waals surface area contributed by atoms with Crippen LogP contribution in [0.1, 0.15) is 0 Å². The second-order valence-electron chi connectivity index (χ2n) is 0.491. The number of nitrogens with one attached hydrogen (secondary N) is 1. The van der Waals surface area contributed by atoms with Crippen molar-refractivity contribution >= 4 is 28.6 Å². The van der Waals surface area contributed by atoms with Gasteiger partial charge in [-0.25, -0.2) is 0 Å². The van der Waals surface area contributed by atoms with Crippen LogP contribution >= 0.6 is 24.3 Å². The van der Waals surface area contributed by atoms with Crippen LogP contribution in [0.2, 0.25) is 0 Å². The van der Waals surface area contributed by atoms with Crippen LogP contribution in [0, 0.1) is 0 Å². The van der Waals surface area contributed by atoms with Crippen molar-refractivity contribution < 1.29 is 9.76 Å². The summed E-state index contributed by atoms with van der Waals surface area (Å²) in [4.78, 5) is 0. The fourth-order valence-corrected chi connectivity index (χ4v) is 0.0612. The van der Waals surface area contributed by atoms with Crippen molar-refractivity contribution in [3.05, 3.63) is 0 Å². The first-order valence-corrected chi connectivity index (χ1v) is 2.25. The van der Waals surface area contributed by atoms with Gasteiger partial charge in [0.15, 0.2) is 4.32 Å². The average Bonchev–Trinajstić information content (AvgIpc) is 1.65. The Morgan fingerprint density at radius 2 is 2.33 bits per heavy atom. The van der Waals surface area contributed by atoms with Crippen LogP contribution in [-0.2, 0) is 0 Å². The molecule has 0 aliphatic carbocycles. The standard InChI is InChI=1S/CH3NO2S2/c3-2-1(5)6-4/h3-4H,(H,2,5). The van der Waals surface area contributed by atoms with Gasteiger partial charge in [0, 0.05) is 0 Å². The Morgan fingerprint density at radius 3 is 2.33 bits per heavy atom. The predicted molar refractivity (Wildman–Crippen MR) is 27.7 cm³/mol. The highest BCUT2D eigenvalue weighted by molar-refractivity contribution is 8.19. The molecule has 3 nitrogen and oxygen atoms in total. The van der Waals surface area contributed by atoms with Crippen LogP contribution in [0.5, 0.6) is 0 Å². The molecular weight excluding hydrogens is 122 g/mol. The highest BCUT2D eigenvalue weighted by atomic mass is 32.2. The fourth-order valence-electron chi connectivity index (χ4n) is 0.0204. The van der Waals surface area contributed by atoms with E-state index in [-0.39, 0.29) is 4.32 Å². The lowest BCUT2D eigenvalue weighted by Crippen LogP contribution is -2.10. The van der Waals surface area contributed by atoms with Crippen molar-refractivity contribution in [2.75, 3.05) is 0 Å². The molecule has 0 heterocycles. The van der Waals surface area contributed by atoms with Crippen molar-refractivity contribution in [2.24, 2.45) is 0 Å². The Balaban J connectivity index is 2.99. The highest BCUT2D eigenvalue weighted by Gasteiger charge is 1.83. The van der Waals surface area contributed by atoms with E-state index in [0.717, 1.165) is 0 Å². The zero-order valence-electron chi connectivity index (χ0n) is 2.71. The van der Waals surface area contributed by atoms with Crippen molar-refractivity contribution in [3.8, 4) is 0 Å². The molecule has 0 aliphatic heterocycles. The smallest absolute Gasteiger partial charge is 0.184 e. The highest BCUT2D eigenvalue weighted by Crippen LogP contribution is 1.89. The van der Waals surface area contributed by atoms with E-state index in [4.69, 9.17) is 9.76 Å². The lowest BCUT2D eigenvalue weighted by atomic mass is 11.5. The molecule has 36 valence electrons. The van der Waals surface area contributed by atoms with Gasteiger partial charge in [-0.3, -0.25) is 10.7 Å². The Bertz CT molecular complexity index is 49.5. The van der Waals surface area contributed by atoms with E-state index in [0.29, 0.717) is 12.0 Å². The summed E-state index contributed by atoms with van der Waals surface area (Å²) in [7, 11) is 0. The fraction of sp³-hybridized carbons (Fsp3) is 0. The van der Waals surface area contributed by atoms with Crippen molar-refractivity contribution in [2.45, 2.75) is 0 Å². The molecule has 0 fully saturated rings. The minimum atomic E-state index is -0.0463. The molecule has 0 amide bonds. The predicted octanol–water partition coefficient (Wildman–Crippen LogP) is 0.456. The molecule has 0 aromatic heterocycles. The maximum Gasteiger partial charge on any atom is 0.184 e. The third-order valence-corrected chi connectivity index (χ3v) is 0.746. The van der Waals surface area contributed by atoms with Crippen LogP contribution in [0.25, 0.3) is 0 Å². The molecule has 0 unspecified atom stereocenters. The molecule has 0 atom stereocenters. The molecule has 0 bridgehead atoms. The number of hydrogen-bond acceptors (Lipinski definition) is 4. The quantitative estimate of drug-likeness (QED) is 0.249. The Hall–Kier alpha value is 0.160. The molecule has 6 heavy (non-hydrogen) atoms. The van der Waals surface area contributed by atoms with E-state index in [2.05, 4.69) is 12.2 Å². The van der Waals surface area contributed by atoms with Gasteiger partial charge >= 0.3 is 0 Å². The monoisotopic (exact) mass is 125 g/mol. The second-order valence-corrected chi connectivity index (χ2v) is 1.75. The summed E-state index contributed by atoms with van der Waals surface area (Å²) in [5.74, 6) is 0. The van der Waals surface area contributed by atoms with Gasteiger partial charge in [-0.05, 0) is 12.2 Å². The van der Waals surface area contributed by atoms with Gasteiger partial charge in [-0.2, -0.15) is 0 Å². The van der Waals surface area contributed by atoms with Gasteiger partial charge in [0.25, 0.3) is 0 Å². The normalized spacial score (nSPS) is 7.67. The summed E-state index contributed by atoms with van der Waals surface area (Å²) in [6, 6.07) is 0. The molecule has 3 N–H and O–H groups in total. The van der Waals surface area contributed by atoms with Crippen LogP contribution in [-0.4, -0.2) is 14.1 Å². The van der Waals surface area contributed by atoms with Crippen LogP contribution in [0.3, 0.4) is 0 Å². The van der Waals surface area contributed by atoms with Crippen LogP contribution in [0.4, 0.5) is 0 Å². The third-order valence-electron chi connectivity index (χ3n) is 0.174. The van der Waals surface area contributed by atoms with E-state index in [1.165, 1.54) is 0 Å². The van der Waals surface area contributed by atoms with E-state index in [9.17, 15) is 0 Å². The van der Waals surface area contributed by atoms with Gasteiger partial charge in [0.05, 0.1) is 12.0 Å². The number of rotatable bonds is 0. The van der Waals surface area contributed by atoms with Crippen molar-refractivity contribution in [1.82, 2.24) is 5.48 Å². The molecule has 0 aliphatic rings. The van der Waals surface area contributed by atoms with Crippen molar-refractivity contribution in [3.63, 3.8) is 0 Å². The van der Waals surface area contributed by atoms with Gasteiger partial charge in [0.2, 0.25) is 0 Å². The largest absolute Gasteiger partial charge is 0.324 e. The van der Waals surface area contributed by atoms with E-state index < -0.39 is 0 Å². The van der Waals surface area contributed by atoms with Crippen LogP contribution in [0.15, 0.2) is 0 Å². The lowest BCUT2D eigenvalue weighted by molar-refractivity contribution is 0.240. The van der Waals surface area contributed by atoms with Gasteiger partial charge in [0.1, 0.15) is 0 Å². The second kappa shape index (κ2) is 3.35. The topological polar surface area (TPSA) is 52.5 Å². The zero-order chi connectivity index (χ0) is 4.99. The first-order chi connectivity index (χ1) is 2.81. The molecule has 0 spiro atoms.